The third-order valence-corrected chi connectivity index (χ3v) is 2.82. The van der Waals surface area contributed by atoms with Gasteiger partial charge in [0, 0.05) is 18.8 Å². The molecule has 0 aliphatic carbocycles. The fraction of sp³-hybridized carbons (Fsp3) is 0.143. The van der Waals surface area contributed by atoms with Crippen LogP contribution in [0.5, 0.6) is 11.5 Å². The largest absolute Gasteiger partial charge is 0.457 e. The molecule has 0 atom stereocenters. The molecule has 19 heavy (non-hydrogen) atoms. The van der Waals surface area contributed by atoms with Crippen LogP contribution in [0, 0.1) is 17.0 Å². The van der Waals surface area contributed by atoms with Crippen LogP contribution in [0.3, 0.4) is 0 Å². The van der Waals surface area contributed by atoms with Crippen LogP contribution in [0.15, 0.2) is 42.5 Å². The predicted octanol–water partition coefficient (Wildman–Crippen LogP) is 3.74. The van der Waals surface area contributed by atoms with Crippen molar-refractivity contribution >= 4 is 11.4 Å². The SMILES string of the molecule is CNc1ccc(Oc2cccc([N+](=O)[O-])c2C)cc1. The third-order valence-electron chi connectivity index (χ3n) is 2.82. The molecular formula is C14H14N2O3. The maximum atomic E-state index is 10.9. The highest BCUT2D eigenvalue weighted by Gasteiger charge is 2.14. The van der Waals surface area contributed by atoms with Gasteiger partial charge in [0.05, 0.1) is 10.5 Å². The van der Waals surface area contributed by atoms with Gasteiger partial charge in [0.2, 0.25) is 0 Å². The maximum absolute atomic E-state index is 10.9. The molecule has 0 fully saturated rings. The van der Waals surface area contributed by atoms with E-state index in [1.54, 1.807) is 19.1 Å². The Balaban J connectivity index is 2.27. The first-order valence-electron chi connectivity index (χ1n) is 5.81. The van der Waals surface area contributed by atoms with E-state index in [1.807, 2.05) is 31.3 Å². The zero-order valence-corrected chi connectivity index (χ0v) is 10.7. The number of nitrogens with one attached hydrogen (secondary N) is 1. The number of hydrogen-bond acceptors (Lipinski definition) is 4. The van der Waals surface area contributed by atoms with Gasteiger partial charge in [-0.15, -0.1) is 0 Å². The van der Waals surface area contributed by atoms with Gasteiger partial charge in [0.25, 0.3) is 5.69 Å². The molecule has 98 valence electrons. The summed E-state index contributed by atoms with van der Waals surface area (Å²) in [5, 5.41) is 13.9. The summed E-state index contributed by atoms with van der Waals surface area (Å²) in [7, 11) is 1.83. The molecule has 0 radical (unpaired) electrons. The van der Waals surface area contributed by atoms with E-state index in [0.717, 1.165) is 5.69 Å². The number of benzene rings is 2. The lowest BCUT2D eigenvalue weighted by molar-refractivity contribution is -0.385. The quantitative estimate of drug-likeness (QED) is 0.670. The second-order valence-corrected chi connectivity index (χ2v) is 4.03. The number of nitrogens with zero attached hydrogens (tertiary/aromatic N) is 1. The van der Waals surface area contributed by atoms with Crippen molar-refractivity contribution in [3.05, 3.63) is 58.1 Å². The molecule has 0 saturated carbocycles. The lowest BCUT2D eigenvalue weighted by Gasteiger charge is -2.09. The lowest BCUT2D eigenvalue weighted by atomic mass is 10.2. The van der Waals surface area contributed by atoms with Crippen molar-refractivity contribution in [2.24, 2.45) is 0 Å². The van der Waals surface area contributed by atoms with Crippen LogP contribution in [0.4, 0.5) is 11.4 Å². The molecule has 0 unspecified atom stereocenters. The molecule has 0 saturated heterocycles. The summed E-state index contributed by atoms with van der Waals surface area (Å²) >= 11 is 0. The Bertz CT molecular complexity index is 594. The van der Waals surface area contributed by atoms with E-state index in [9.17, 15) is 10.1 Å². The van der Waals surface area contributed by atoms with Crippen LogP contribution in [0.1, 0.15) is 5.56 Å². The minimum absolute atomic E-state index is 0.0596. The highest BCUT2D eigenvalue weighted by atomic mass is 16.6. The number of ether oxygens (including phenoxy) is 1. The van der Waals surface area contributed by atoms with Crippen molar-refractivity contribution in [3.63, 3.8) is 0 Å². The smallest absolute Gasteiger partial charge is 0.276 e. The molecule has 5 heteroatoms. The van der Waals surface area contributed by atoms with E-state index >= 15 is 0 Å². The van der Waals surface area contributed by atoms with E-state index in [2.05, 4.69) is 5.32 Å². The second-order valence-electron chi connectivity index (χ2n) is 4.03. The molecule has 0 aromatic heterocycles. The minimum Gasteiger partial charge on any atom is -0.457 e. The number of anilines is 1. The van der Waals surface area contributed by atoms with E-state index in [1.165, 1.54) is 6.07 Å². The average Bonchev–Trinajstić information content (AvgIpc) is 2.41. The second kappa shape index (κ2) is 5.39. The van der Waals surface area contributed by atoms with Gasteiger partial charge < -0.3 is 10.1 Å². The van der Waals surface area contributed by atoms with Gasteiger partial charge in [-0.25, -0.2) is 0 Å². The Hall–Kier alpha value is -2.56. The van der Waals surface area contributed by atoms with E-state index < -0.39 is 4.92 Å². The molecule has 0 amide bonds. The van der Waals surface area contributed by atoms with E-state index in [4.69, 9.17) is 4.74 Å². The predicted molar refractivity (Wildman–Crippen MR) is 73.9 cm³/mol. The monoisotopic (exact) mass is 258 g/mol. The van der Waals surface area contributed by atoms with Gasteiger partial charge in [0.15, 0.2) is 0 Å². The molecule has 2 aromatic carbocycles. The lowest BCUT2D eigenvalue weighted by Crippen LogP contribution is -1.94. The molecule has 0 heterocycles. The Morgan fingerprint density at radius 3 is 2.42 bits per heavy atom. The van der Waals surface area contributed by atoms with Gasteiger partial charge >= 0.3 is 0 Å². The third kappa shape index (κ3) is 2.82. The fourth-order valence-corrected chi connectivity index (χ4v) is 1.73. The summed E-state index contributed by atoms with van der Waals surface area (Å²) in [5.74, 6) is 1.13. The van der Waals surface area contributed by atoms with Gasteiger partial charge in [-0.2, -0.15) is 0 Å². The molecule has 0 aliphatic heterocycles. The van der Waals surface area contributed by atoms with E-state index in [-0.39, 0.29) is 5.69 Å². The van der Waals surface area contributed by atoms with Crippen LogP contribution in [0.25, 0.3) is 0 Å². The van der Waals surface area contributed by atoms with E-state index in [0.29, 0.717) is 17.1 Å². The first-order valence-corrected chi connectivity index (χ1v) is 5.81. The molecule has 5 nitrogen and oxygen atoms in total. The molecular weight excluding hydrogens is 244 g/mol. The summed E-state index contributed by atoms with van der Waals surface area (Å²) < 4.78 is 5.67. The van der Waals surface area contributed by atoms with Gasteiger partial charge in [-0.05, 0) is 37.3 Å². The van der Waals surface area contributed by atoms with Crippen LogP contribution < -0.4 is 10.1 Å². The molecule has 0 aliphatic rings. The summed E-state index contributed by atoms with van der Waals surface area (Å²) in [6.07, 6.45) is 0. The number of nitro benzene ring substituents is 1. The standard InChI is InChI=1S/C14H14N2O3/c1-10-13(16(17)18)4-3-5-14(10)19-12-8-6-11(15-2)7-9-12/h3-9,15H,1-2H3. The summed E-state index contributed by atoms with van der Waals surface area (Å²) in [6.45, 7) is 1.68. The molecule has 1 N–H and O–H groups in total. The van der Waals surface area contributed by atoms with Gasteiger partial charge in [-0.1, -0.05) is 6.07 Å². The number of hydrogen-bond donors (Lipinski definition) is 1. The molecule has 2 aromatic rings. The van der Waals surface area contributed by atoms with Crippen molar-refractivity contribution in [3.8, 4) is 11.5 Å². The topological polar surface area (TPSA) is 64.4 Å². The van der Waals surface area contributed by atoms with Gasteiger partial charge in [-0.3, -0.25) is 10.1 Å². The van der Waals surface area contributed by atoms with Crippen molar-refractivity contribution in [2.75, 3.05) is 12.4 Å². The fourth-order valence-electron chi connectivity index (χ4n) is 1.73. The average molecular weight is 258 g/mol. The summed E-state index contributed by atoms with van der Waals surface area (Å²) in [5.41, 5.74) is 1.55. The highest BCUT2D eigenvalue weighted by molar-refractivity contribution is 5.51. The Labute approximate surface area is 111 Å². The van der Waals surface area contributed by atoms with Crippen molar-refractivity contribution in [1.82, 2.24) is 0 Å². The van der Waals surface area contributed by atoms with Crippen molar-refractivity contribution < 1.29 is 9.66 Å². The zero-order chi connectivity index (χ0) is 13.8. The first kappa shape index (κ1) is 12.9. The summed E-state index contributed by atoms with van der Waals surface area (Å²) in [4.78, 5) is 10.4. The first-order chi connectivity index (χ1) is 9.11. The normalized spacial score (nSPS) is 10.0. The Morgan fingerprint density at radius 2 is 1.84 bits per heavy atom. The molecule has 0 spiro atoms. The Morgan fingerprint density at radius 1 is 1.16 bits per heavy atom. The van der Waals surface area contributed by atoms with Gasteiger partial charge in [0.1, 0.15) is 11.5 Å². The highest BCUT2D eigenvalue weighted by Crippen LogP contribution is 2.31. The van der Waals surface area contributed by atoms with Crippen LogP contribution in [-0.4, -0.2) is 12.0 Å². The Kier molecular flexibility index (Phi) is 3.66. The summed E-state index contributed by atoms with van der Waals surface area (Å²) in [6, 6.07) is 12.2. The van der Waals surface area contributed by atoms with Crippen molar-refractivity contribution in [2.45, 2.75) is 6.92 Å². The van der Waals surface area contributed by atoms with Crippen LogP contribution in [-0.2, 0) is 0 Å². The van der Waals surface area contributed by atoms with Crippen LogP contribution >= 0.6 is 0 Å². The molecule has 0 bridgehead atoms. The number of nitro groups is 1. The maximum Gasteiger partial charge on any atom is 0.276 e. The zero-order valence-electron chi connectivity index (χ0n) is 10.7. The minimum atomic E-state index is -0.410. The molecule has 2 rings (SSSR count). The van der Waals surface area contributed by atoms with Crippen LogP contribution in [0.2, 0.25) is 0 Å². The van der Waals surface area contributed by atoms with Crippen molar-refractivity contribution in [1.29, 1.82) is 0 Å². The number of rotatable bonds is 4.